The van der Waals surface area contributed by atoms with Crippen molar-refractivity contribution >= 4 is 28.6 Å². The van der Waals surface area contributed by atoms with E-state index >= 15 is 4.39 Å². The lowest BCUT2D eigenvalue weighted by Crippen LogP contribution is -2.43. The van der Waals surface area contributed by atoms with E-state index in [1.807, 2.05) is 28.9 Å². The summed E-state index contributed by atoms with van der Waals surface area (Å²) < 4.78 is 24.7. The van der Waals surface area contributed by atoms with Gasteiger partial charge in [-0.3, -0.25) is 14.0 Å². The van der Waals surface area contributed by atoms with Gasteiger partial charge < -0.3 is 9.64 Å². The molecule has 2 atom stereocenters. The van der Waals surface area contributed by atoms with Gasteiger partial charge in [-0.1, -0.05) is 11.6 Å². The number of aryl methyl sites for hydroxylation is 1. The molecule has 2 fully saturated rings. The van der Waals surface area contributed by atoms with Gasteiger partial charge in [0.05, 0.1) is 24.9 Å². The molecule has 4 aromatic rings. The number of ether oxygens (including phenoxy) is 1. The molecule has 0 spiro atoms. The molecule has 9 nitrogen and oxygen atoms in total. The number of anilines is 1. The van der Waals surface area contributed by atoms with Crippen LogP contribution in [0.4, 0.5) is 10.3 Å². The Morgan fingerprint density at radius 1 is 1.14 bits per heavy atom. The summed E-state index contributed by atoms with van der Waals surface area (Å²) in [6.07, 6.45) is 5.81. The number of hydrogen-bond donors (Lipinski definition) is 0. The van der Waals surface area contributed by atoms with Crippen LogP contribution >= 0.6 is 11.6 Å². The number of rotatable bonds is 4. The zero-order valence-corrected chi connectivity index (χ0v) is 20.9. The first kappa shape index (κ1) is 23.1. The van der Waals surface area contributed by atoms with Crippen molar-refractivity contribution in [3.63, 3.8) is 0 Å². The van der Waals surface area contributed by atoms with Gasteiger partial charge in [0.2, 0.25) is 5.95 Å². The van der Waals surface area contributed by atoms with Crippen molar-refractivity contribution < 1.29 is 9.13 Å². The second-order valence-electron chi connectivity index (χ2n) is 9.54. The molecule has 4 heterocycles. The van der Waals surface area contributed by atoms with E-state index < -0.39 is 5.82 Å². The van der Waals surface area contributed by atoms with Crippen LogP contribution in [-0.4, -0.2) is 48.5 Å². The number of hydrogen-bond acceptors (Lipinski definition) is 7. The van der Waals surface area contributed by atoms with Gasteiger partial charge in [-0.15, -0.1) is 0 Å². The number of nitrogens with zero attached hydrogens (tertiary/aromatic N) is 7. The normalized spacial score (nSPS) is 20.3. The third-order valence-corrected chi connectivity index (χ3v) is 7.02. The van der Waals surface area contributed by atoms with E-state index in [0.717, 1.165) is 18.4 Å². The molecule has 6 rings (SSSR count). The lowest BCUT2D eigenvalue weighted by Gasteiger charge is -2.36. The fourth-order valence-electron chi connectivity index (χ4n) is 4.61. The summed E-state index contributed by atoms with van der Waals surface area (Å²) in [4.78, 5) is 29.1. The Kier molecular flexibility index (Phi) is 5.53. The van der Waals surface area contributed by atoms with E-state index in [9.17, 15) is 4.79 Å². The zero-order chi connectivity index (χ0) is 25.1. The maximum atomic E-state index is 15.0. The van der Waals surface area contributed by atoms with Crippen molar-refractivity contribution in [3.8, 4) is 11.3 Å². The zero-order valence-electron chi connectivity index (χ0n) is 20.2. The summed E-state index contributed by atoms with van der Waals surface area (Å²) in [7, 11) is 1.64. The molecule has 1 saturated heterocycles. The summed E-state index contributed by atoms with van der Waals surface area (Å²) in [6, 6.07) is 4.84. The van der Waals surface area contributed by atoms with Crippen LogP contribution in [0.1, 0.15) is 43.3 Å². The summed E-state index contributed by atoms with van der Waals surface area (Å²) in [5.41, 5.74) is 1.51. The van der Waals surface area contributed by atoms with E-state index in [0.29, 0.717) is 30.9 Å². The van der Waals surface area contributed by atoms with Crippen LogP contribution in [0.2, 0.25) is 5.02 Å². The fraction of sp³-hybridized carbons (Fsp3) is 0.400. The third-order valence-electron chi connectivity index (χ3n) is 6.78. The highest BCUT2D eigenvalue weighted by atomic mass is 35.5. The van der Waals surface area contributed by atoms with E-state index in [1.54, 1.807) is 26.1 Å². The molecule has 1 aliphatic heterocycles. The molecule has 1 saturated carbocycles. The lowest BCUT2D eigenvalue weighted by molar-refractivity contribution is -0.0178. The van der Waals surface area contributed by atoms with Crippen molar-refractivity contribution in [3.05, 3.63) is 63.2 Å². The maximum Gasteiger partial charge on any atom is 0.279 e. The number of benzene rings is 1. The Bertz CT molecular complexity index is 1550. The van der Waals surface area contributed by atoms with Crippen LogP contribution in [0.15, 0.2) is 35.4 Å². The molecule has 0 unspecified atom stereocenters. The molecule has 0 radical (unpaired) electrons. The highest BCUT2D eigenvalue weighted by Gasteiger charge is 2.32. The molecule has 0 N–H and O–H groups in total. The monoisotopic (exact) mass is 509 g/mol. The van der Waals surface area contributed by atoms with Crippen molar-refractivity contribution in [1.82, 2.24) is 29.3 Å². The van der Waals surface area contributed by atoms with Crippen LogP contribution in [0.3, 0.4) is 0 Å². The maximum absolute atomic E-state index is 15.0. The van der Waals surface area contributed by atoms with Gasteiger partial charge >= 0.3 is 0 Å². The lowest BCUT2D eigenvalue weighted by atomic mass is 10.1. The Hall–Kier alpha value is -3.37. The second-order valence-corrected chi connectivity index (χ2v) is 9.98. The first-order chi connectivity index (χ1) is 17.3. The molecular weight excluding hydrogens is 485 g/mol. The van der Waals surface area contributed by atoms with Crippen molar-refractivity contribution in [2.75, 3.05) is 18.0 Å². The number of halogens is 2. The van der Waals surface area contributed by atoms with Gasteiger partial charge in [0.1, 0.15) is 29.0 Å². The minimum atomic E-state index is -0.547. The van der Waals surface area contributed by atoms with E-state index in [1.165, 1.54) is 10.6 Å². The summed E-state index contributed by atoms with van der Waals surface area (Å²) in [5, 5.41) is 4.77. The van der Waals surface area contributed by atoms with Crippen LogP contribution in [0.5, 0.6) is 0 Å². The molecule has 1 aliphatic carbocycles. The fourth-order valence-corrected chi connectivity index (χ4v) is 4.77. The van der Waals surface area contributed by atoms with Gasteiger partial charge in [-0.05, 0) is 44.9 Å². The quantitative estimate of drug-likeness (QED) is 0.411. The number of aromatic nitrogens is 6. The first-order valence-electron chi connectivity index (χ1n) is 11.9. The highest BCUT2D eigenvalue weighted by molar-refractivity contribution is 6.30. The molecule has 36 heavy (non-hydrogen) atoms. The first-order valence-corrected chi connectivity index (χ1v) is 12.3. The van der Waals surface area contributed by atoms with E-state index in [4.69, 9.17) is 21.3 Å². The molecule has 1 aromatic carbocycles. The van der Waals surface area contributed by atoms with Gasteiger partial charge in [-0.2, -0.15) is 5.10 Å². The average Bonchev–Trinajstić information content (AvgIpc) is 3.58. The standard InChI is InChI=1S/C25H25ClFN7O2/c1-13-10-33(12-20(36-13)15-9-28-34(11-15)17-5-6-17)25-30-21(18-7-4-16(26)8-19(18)27)22-23(31-25)24(35)32(3)14(2)29-22/h4,7-9,11,13,17,20H,5-6,10,12H2,1-3H3/t13-,20+/m1/s1. The van der Waals surface area contributed by atoms with Gasteiger partial charge in [0.15, 0.2) is 5.52 Å². The van der Waals surface area contributed by atoms with Crippen LogP contribution < -0.4 is 10.5 Å². The molecule has 0 amide bonds. The minimum absolute atomic E-state index is 0.123. The van der Waals surface area contributed by atoms with Crippen LogP contribution in [0.25, 0.3) is 22.3 Å². The Labute approximate surface area is 211 Å². The smallest absolute Gasteiger partial charge is 0.279 e. The van der Waals surface area contributed by atoms with Gasteiger partial charge in [0.25, 0.3) is 5.56 Å². The van der Waals surface area contributed by atoms with Crippen molar-refractivity contribution in [1.29, 1.82) is 0 Å². The molecule has 3 aromatic heterocycles. The van der Waals surface area contributed by atoms with E-state index in [2.05, 4.69) is 15.1 Å². The molecular formula is C25H25ClFN7O2. The number of fused-ring (bicyclic) bond motifs is 1. The minimum Gasteiger partial charge on any atom is -0.367 e. The summed E-state index contributed by atoms with van der Waals surface area (Å²) in [5.74, 6) is 0.255. The Morgan fingerprint density at radius 3 is 2.69 bits per heavy atom. The second kappa shape index (κ2) is 8.63. The highest BCUT2D eigenvalue weighted by Crippen LogP contribution is 2.36. The average molecular weight is 510 g/mol. The number of morpholine rings is 1. The van der Waals surface area contributed by atoms with Crippen molar-refractivity contribution in [2.45, 2.75) is 44.9 Å². The summed E-state index contributed by atoms with van der Waals surface area (Å²) >= 11 is 5.99. The predicted molar refractivity (Wildman–Crippen MR) is 134 cm³/mol. The Balaban J connectivity index is 1.47. The molecule has 11 heteroatoms. The van der Waals surface area contributed by atoms with Crippen LogP contribution in [0, 0.1) is 12.7 Å². The largest absolute Gasteiger partial charge is 0.367 e. The van der Waals surface area contributed by atoms with Gasteiger partial charge in [-0.25, -0.2) is 19.3 Å². The third kappa shape index (κ3) is 4.04. The predicted octanol–water partition coefficient (Wildman–Crippen LogP) is 3.99. The SMILES string of the molecule is Cc1nc2c(-c3ccc(Cl)cc3F)nc(N3C[C@@H](C)O[C@H](c4cnn(C5CC5)c4)C3)nc2c(=O)n1C. The molecule has 2 aliphatic rings. The summed E-state index contributed by atoms with van der Waals surface area (Å²) in [6.45, 7) is 4.68. The van der Waals surface area contributed by atoms with Crippen molar-refractivity contribution in [2.24, 2.45) is 7.05 Å². The van der Waals surface area contributed by atoms with E-state index in [-0.39, 0.29) is 45.1 Å². The Morgan fingerprint density at radius 2 is 1.94 bits per heavy atom. The molecule has 186 valence electrons. The molecule has 0 bridgehead atoms. The van der Waals surface area contributed by atoms with Crippen LogP contribution in [-0.2, 0) is 11.8 Å². The topological polar surface area (TPSA) is 91.0 Å². The van der Waals surface area contributed by atoms with Gasteiger partial charge in [0, 0.05) is 35.9 Å².